The number of H-pyrrole nitrogens is 1. The Hall–Kier alpha value is -1.99. The van der Waals surface area contributed by atoms with E-state index in [0.717, 1.165) is 47.2 Å². The van der Waals surface area contributed by atoms with Crippen molar-refractivity contribution in [2.45, 2.75) is 51.6 Å². The van der Waals surface area contributed by atoms with Crippen LogP contribution >= 0.6 is 23.6 Å². The predicted molar refractivity (Wildman–Crippen MR) is 113 cm³/mol. The molecule has 7 heteroatoms. The van der Waals surface area contributed by atoms with E-state index in [1.54, 1.807) is 0 Å². The summed E-state index contributed by atoms with van der Waals surface area (Å²) in [4.78, 5) is 28.4. The zero-order valence-corrected chi connectivity index (χ0v) is 16.9. The van der Waals surface area contributed by atoms with Crippen molar-refractivity contribution in [3.8, 4) is 0 Å². The highest BCUT2D eigenvalue weighted by Gasteiger charge is 2.20. The molecule has 1 amide bonds. The van der Waals surface area contributed by atoms with Gasteiger partial charge in [-0.2, -0.15) is 0 Å². The van der Waals surface area contributed by atoms with Crippen molar-refractivity contribution in [2.24, 2.45) is 5.92 Å². The Bertz CT molecular complexity index is 1100. The first-order valence-electron chi connectivity index (χ1n) is 9.46. The highest BCUT2D eigenvalue weighted by Crippen LogP contribution is 2.30. The highest BCUT2D eigenvalue weighted by molar-refractivity contribution is 7.71. The molecule has 27 heavy (non-hydrogen) atoms. The van der Waals surface area contributed by atoms with Crippen LogP contribution in [0.5, 0.6) is 0 Å². The fourth-order valence-electron chi connectivity index (χ4n) is 3.83. The summed E-state index contributed by atoms with van der Waals surface area (Å²) in [7, 11) is 0. The molecule has 0 saturated heterocycles. The number of hydrogen-bond donors (Lipinski definition) is 2. The number of nitrogens with one attached hydrogen (secondary N) is 2. The van der Waals surface area contributed by atoms with Crippen LogP contribution in [0.3, 0.4) is 0 Å². The lowest BCUT2D eigenvalue weighted by atomic mass is 9.87. The topological polar surface area (TPSA) is 66.9 Å². The second kappa shape index (κ2) is 7.56. The van der Waals surface area contributed by atoms with Gasteiger partial charge in [0.25, 0.3) is 5.56 Å². The number of hydrogen-bond acceptors (Lipinski definition) is 4. The fraction of sp³-hybridized carbons (Fsp3) is 0.450. The summed E-state index contributed by atoms with van der Waals surface area (Å²) < 4.78 is 3.59. The minimum absolute atomic E-state index is 0.00714. The number of aromatic nitrogens is 2. The van der Waals surface area contributed by atoms with E-state index < -0.39 is 0 Å². The first-order valence-corrected chi connectivity index (χ1v) is 10.7. The van der Waals surface area contributed by atoms with Gasteiger partial charge in [0.1, 0.15) is 4.70 Å². The molecule has 5 nitrogen and oxygen atoms in total. The molecule has 3 aromatic rings. The van der Waals surface area contributed by atoms with Crippen LogP contribution in [-0.4, -0.2) is 21.5 Å². The monoisotopic (exact) mass is 401 g/mol. The molecule has 1 fully saturated rings. The van der Waals surface area contributed by atoms with Crippen molar-refractivity contribution in [1.82, 2.24) is 14.9 Å². The standard InChI is InChI=1S/C20H23N3O2S2/c1-12-6-8-13(9-7-12)21-16(24)10-11-23-19(25)18-17(22-20(23)26)14-4-2-3-5-15(14)27-18/h2-5,12-13H,6-11H2,1H3,(H,21,24)(H,22,26). The van der Waals surface area contributed by atoms with Crippen molar-refractivity contribution < 1.29 is 4.79 Å². The molecule has 0 atom stereocenters. The maximum atomic E-state index is 12.9. The van der Waals surface area contributed by atoms with Crippen molar-refractivity contribution in [2.75, 3.05) is 0 Å². The van der Waals surface area contributed by atoms with Gasteiger partial charge in [-0.05, 0) is 49.9 Å². The van der Waals surface area contributed by atoms with E-state index in [1.807, 2.05) is 24.3 Å². The van der Waals surface area contributed by atoms with Crippen LogP contribution in [0.4, 0.5) is 0 Å². The van der Waals surface area contributed by atoms with Gasteiger partial charge in [0.15, 0.2) is 4.77 Å². The third-order valence-corrected chi connectivity index (χ3v) is 6.94. The zero-order valence-electron chi connectivity index (χ0n) is 15.3. The lowest BCUT2D eigenvalue weighted by Crippen LogP contribution is -2.38. The van der Waals surface area contributed by atoms with Crippen molar-refractivity contribution in [3.05, 3.63) is 39.4 Å². The van der Waals surface area contributed by atoms with Gasteiger partial charge in [-0.25, -0.2) is 0 Å². The number of benzene rings is 1. The third kappa shape index (κ3) is 3.71. The molecule has 0 bridgehead atoms. The Morgan fingerprint density at radius 2 is 2.04 bits per heavy atom. The molecule has 0 aliphatic heterocycles. The molecular weight excluding hydrogens is 378 g/mol. The van der Waals surface area contributed by atoms with Crippen LogP contribution in [0.25, 0.3) is 20.3 Å². The summed E-state index contributed by atoms with van der Waals surface area (Å²) in [5.41, 5.74) is 0.678. The average molecular weight is 402 g/mol. The number of aromatic amines is 1. The van der Waals surface area contributed by atoms with E-state index in [2.05, 4.69) is 17.2 Å². The van der Waals surface area contributed by atoms with Crippen molar-refractivity contribution in [1.29, 1.82) is 0 Å². The van der Waals surface area contributed by atoms with Gasteiger partial charge in [-0.1, -0.05) is 25.1 Å². The number of fused-ring (bicyclic) bond motifs is 3. The summed E-state index contributed by atoms with van der Waals surface area (Å²) in [6, 6.07) is 8.17. The molecular formula is C20H23N3O2S2. The van der Waals surface area contributed by atoms with Gasteiger partial charge in [-0.3, -0.25) is 14.2 Å². The minimum Gasteiger partial charge on any atom is -0.353 e. The second-order valence-electron chi connectivity index (χ2n) is 7.46. The molecule has 2 aromatic heterocycles. The van der Waals surface area contributed by atoms with Crippen LogP contribution in [0, 0.1) is 10.7 Å². The van der Waals surface area contributed by atoms with Crippen LogP contribution in [-0.2, 0) is 11.3 Å². The maximum absolute atomic E-state index is 12.9. The van der Waals surface area contributed by atoms with E-state index in [-0.39, 0.29) is 23.9 Å². The summed E-state index contributed by atoms with van der Waals surface area (Å²) in [6.07, 6.45) is 4.68. The molecule has 2 heterocycles. The minimum atomic E-state index is -0.116. The van der Waals surface area contributed by atoms with Gasteiger partial charge in [0, 0.05) is 29.1 Å². The number of amides is 1. The van der Waals surface area contributed by atoms with Crippen LogP contribution < -0.4 is 10.9 Å². The molecule has 4 rings (SSSR count). The molecule has 1 aromatic carbocycles. The Kier molecular flexibility index (Phi) is 5.14. The van der Waals surface area contributed by atoms with Gasteiger partial charge in [0.2, 0.25) is 5.91 Å². The first kappa shape index (κ1) is 18.4. The first-order chi connectivity index (χ1) is 13.0. The Morgan fingerprint density at radius 3 is 2.81 bits per heavy atom. The van der Waals surface area contributed by atoms with Crippen molar-refractivity contribution >= 4 is 49.8 Å². The molecule has 1 saturated carbocycles. The van der Waals surface area contributed by atoms with Crippen LogP contribution in [0.15, 0.2) is 29.1 Å². The SMILES string of the molecule is CC1CCC(NC(=O)CCn2c(=S)[nH]c3c(sc4ccccc43)c2=O)CC1. The molecule has 0 radical (unpaired) electrons. The smallest absolute Gasteiger partial charge is 0.272 e. The number of carbonyl (C=O) groups excluding carboxylic acids is 1. The quantitative estimate of drug-likeness (QED) is 0.639. The molecule has 2 N–H and O–H groups in total. The number of rotatable bonds is 4. The van der Waals surface area contributed by atoms with E-state index in [4.69, 9.17) is 12.2 Å². The molecule has 1 aliphatic carbocycles. The third-order valence-electron chi connectivity index (χ3n) is 5.46. The summed E-state index contributed by atoms with van der Waals surface area (Å²) in [5.74, 6) is 0.746. The van der Waals surface area contributed by atoms with E-state index in [1.165, 1.54) is 15.9 Å². The maximum Gasteiger partial charge on any atom is 0.272 e. The largest absolute Gasteiger partial charge is 0.353 e. The van der Waals surface area contributed by atoms with Crippen LogP contribution in [0.1, 0.15) is 39.0 Å². The normalized spacial score (nSPS) is 20.2. The van der Waals surface area contributed by atoms with Gasteiger partial charge in [-0.15, -0.1) is 11.3 Å². The van der Waals surface area contributed by atoms with E-state index in [9.17, 15) is 9.59 Å². The molecule has 0 unspecified atom stereocenters. The number of carbonyl (C=O) groups is 1. The predicted octanol–water partition coefficient (Wildman–Crippen LogP) is 4.36. The van der Waals surface area contributed by atoms with Gasteiger partial charge < -0.3 is 10.3 Å². The summed E-state index contributed by atoms with van der Waals surface area (Å²) in [6.45, 7) is 2.56. The van der Waals surface area contributed by atoms with E-state index in [0.29, 0.717) is 16.0 Å². The second-order valence-corrected chi connectivity index (χ2v) is 8.90. The summed E-state index contributed by atoms with van der Waals surface area (Å²) >= 11 is 6.87. The number of thiophene rings is 1. The van der Waals surface area contributed by atoms with Crippen LogP contribution in [0.2, 0.25) is 0 Å². The Morgan fingerprint density at radius 1 is 1.30 bits per heavy atom. The Balaban J connectivity index is 1.52. The Labute approximate surface area is 166 Å². The van der Waals surface area contributed by atoms with E-state index >= 15 is 0 Å². The van der Waals surface area contributed by atoms with Gasteiger partial charge in [0.05, 0.1) is 5.52 Å². The zero-order chi connectivity index (χ0) is 19.0. The molecule has 142 valence electrons. The lowest BCUT2D eigenvalue weighted by molar-refractivity contribution is -0.122. The molecule has 1 aliphatic rings. The van der Waals surface area contributed by atoms with Gasteiger partial charge >= 0.3 is 0 Å². The average Bonchev–Trinajstić information content (AvgIpc) is 3.02. The summed E-state index contributed by atoms with van der Waals surface area (Å²) in [5, 5.41) is 4.12. The number of nitrogens with zero attached hydrogens (tertiary/aromatic N) is 1. The van der Waals surface area contributed by atoms with Crippen molar-refractivity contribution in [3.63, 3.8) is 0 Å². The fourth-order valence-corrected chi connectivity index (χ4v) is 5.21. The highest BCUT2D eigenvalue weighted by atomic mass is 32.1. The lowest BCUT2D eigenvalue weighted by Gasteiger charge is -2.26. The molecule has 0 spiro atoms.